The number of aryl methyl sites for hydroxylation is 1. The average Bonchev–Trinajstić information content (AvgIpc) is 3.02. The topological polar surface area (TPSA) is 42.0 Å². The van der Waals surface area contributed by atoms with Crippen LogP contribution in [0.5, 0.6) is 0 Å². The Morgan fingerprint density at radius 1 is 1.08 bits per heavy atom. The minimum atomic E-state index is -0.170. The van der Waals surface area contributed by atoms with Gasteiger partial charge in [-0.1, -0.05) is 35.3 Å². The third kappa shape index (κ3) is 2.64. The Kier molecular flexibility index (Phi) is 3.91. The number of para-hydroxylation sites is 1. The highest BCUT2D eigenvalue weighted by atomic mass is 35.5. The van der Waals surface area contributed by atoms with Gasteiger partial charge < -0.3 is 5.32 Å². The molecule has 0 fully saturated rings. The number of amides is 1. The van der Waals surface area contributed by atoms with Crippen molar-refractivity contribution < 1.29 is 4.79 Å². The highest BCUT2D eigenvalue weighted by Gasteiger charge is 2.24. The summed E-state index contributed by atoms with van der Waals surface area (Å²) in [5, 5.41) is 4.82. The molecule has 0 atom stereocenters. The van der Waals surface area contributed by atoms with Crippen molar-refractivity contribution in [3.63, 3.8) is 0 Å². The first-order valence-corrected chi connectivity index (χ1v) is 8.56. The van der Waals surface area contributed by atoms with Crippen LogP contribution in [0.15, 0.2) is 42.5 Å². The molecule has 1 aliphatic carbocycles. The number of nitrogens with zero attached hydrogens (tertiary/aromatic N) is 1. The molecule has 4 rings (SSSR count). The molecule has 0 aliphatic heterocycles. The van der Waals surface area contributed by atoms with E-state index in [0.717, 1.165) is 41.4 Å². The molecule has 0 saturated heterocycles. The van der Waals surface area contributed by atoms with Crippen molar-refractivity contribution >= 4 is 45.7 Å². The van der Waals surface area contributed by atoms with Gasteiger partial charge >= 0.3 is 0 Å². The van der Waals surface area contributed by atoms with Crippen molar-refractivity contribution in [2.75, 3.05) is 5.32 Å². The molecule has 0 saturated carbocycles. The van der Waals surface area contributed by atoms with Gasteiger partial charge in [0.15, 0.2) is 0 Å². The second-order valence-electron chi connectivity index (χ2n) is 5.86. The number of aromatic nitrogens is 1. The molecule has 1 heterocycles. The molecule has 120 valence electrons. The van der Waals surface area contributed by atoms with Gasteiger partial charge in [0.25, 0.3) is 5.91 Å². The summed E-state index contributed by atoms with van der Waals surface area (Å²) >= 11 is 12.3. The van der Waals surface area contributed by atoms with Gasteiger partial charge in [-0.15, -0.1) is 0 Å². The van der Waals surface area contributed by atoms with E-state index < -0.39 is 0 Å². The lowest BCUT2D eigenvalue weighted by Crippen LogP contribution is -2.16. The second kappa shape index (κ2) is 6.08. The fourth-order valence-electron chi connectivity index (χ4n) is 3.24. The molecule has 2 aromatic carbocycles. The normalized spacial score (nSPS) is 13.1. The van der Waals surface area contributed by atoms with E-state index in [0.29, 0.717) is 21.3 Å². The standard InChI is InChI=1S/C19H14Cl2N2O/c20-11-8-9-16-13(10-11)18(12-4-3-7-15(12)22-16)19(24)23-17-6-2-1-5-14(17)21/h1-2,5-6,8-10H,3-4,7H2,(H,23,24). The van der Waals surface area contributed by atoms with E-state index in [4.69, 9.17) is 28.2 Å². The van der Waals surface area contributed by atoms with Gasteiger partial charge in [-0.25, -0.2) is 0 Å². The van der Waals surface area contributed by atoms with Crippen LogP contribution < -0.4 is 5.32 Å². The number of anilines is 1. The monoisotopic (exact) mass is 356 g/mol. The van der Waals surface area contributed by atoms with Gasteiger partial charge in [0, 0.05) is 16.1 Å². The molecule has 3 nitrogen and oxygen atoms in total. The fourth-order valence-corrected chi connectivity index (χ4v) is 3.60. The number of nitrogens with one attached hydrogen (secondary N) is 1. The first-order chi connectivity index (χ1) is 11.6. The zero-order chi connectivity index (χ0) is 16.7. The Morgan fingerprint density at radius 2 is 1.92 bits per heavy atom. The van der Waals surface area contributed by atoms with Crippen LogP contribution in [-0.4, -0.2) is 10.9 Å². The Morgan fingerprint density at radius 3 is 2.75 bits per heavy atom. The van der Waals surface area contributed by atoms with E-state index in [9.17, 15) is 4.79 Å². The molecule has 0 unspecified atom stereocenters. The van der Waals surface area contributed by atoms with E-state index >= 15 is 0 Å². The Balaban J connectivity index is 1.87. The number of carbonyl (C=O) groups excluding carboxylic acids is 1. The van der Waals surface area contributed by atoms with Crippen molar-refractivity contribution in [3.05, 3.63) is 69.3 Å². The maximum absolute atomic E-state index is 13.0. The maximum Gasteiger partial charge on any atom is 0.256 e. The summed E-state index contributed by atoms with van der Waals surface area (Å²) in [6.07, 6.45) is 2.77. The van der Waals surface area contributed by atoms with E-state index in [1.165, 1.54) is 0 Å². The Hall–Kier alpha value is -2.10. The van der Waals surface area contributed by atoms with Gasteiger partial charge in [0.2, 0.25) is 0 Å². The highest BCUT2D eigenvalue weighted by Crippen LogP contribution is 2.32. The molecule has 5 heteroatoms. The molecule has 3 aromatic rings. The first kappa shape index (κ1) is 15.4. The van der Waals surface area contributed by atoms with Crippen LogP contribution in [0.25, 0.3) is 10.9 Å². The van der Waals surface area contributed by atoms with Gasteiger partial charge in [-0.05, 0) is 55.2 Å². The van der Waals surface area contributed by atoms with Crippen LogP contribution in [0, 0.1) is 0 Å². The van der Waals surface area contributed by atoms with Crippen LogP contribution in [0.2, 0.25) is 10.0 Å². The number of rotatable bonds is 2. The van der Waals surface area contributed by atoms with Gasteiger partial charge in [-0.3, -0.25) is 9.78 Å². The molecule has 1 aliphatic rings. The summed E-state index contributed by atoms with van der Waals surface area (Å²) in [4.78, 5) is 17.7. The Bertz CT molecular complexity index is 969. The van der Waals surface area contributed by atoms with E-state index in [1.807, 2.05) is 24.3 Å². The quantitative estimate of drug-likeness (QED) is 0.678. The number of pyridine rings is 1. The largest absolute Gasteiger partial charge is 0.321 e. The lowest BCUT2D eigenvalue weighted by Gasteiger charge is -2.13. The molecular weight excluding hydrogens is 343 g/mol. The maximum atomic E-state index is 13.0. The van der Waals surface area contributed by atoms with E-state index in [-0.39, 0.29) is 5.91 Å². The molecule has 1 N–H and O–H groups in total. The third-order valence-electron chi connectivity index (χ3n) is 4.32. The second-order valence-corrected chi connectivity index (χ2v) is 6.70. The minimum Gasteiger partial charge on any atom is -0.321 e. The zero-order valence-electron chi connectivity index (χ0n) is 12.8. The van der Waals surface area contributed by atoms with Gasteiger partial charge in [0.1, 0.15) is 0 Å². The van der Waals surface area contributed by atoms with Crippen molar-refractivity contribution in [3.8, 4) is 0 Å². The molecule has 0 bridgehead atoms. The number of hydrogen-bond acceptors (Lipinski definition) is 2. The number of benzene rings is 2. The summed E-state index contributed by atoms with van der Waals surface area (Å²) in [6.45, 7) is 0. The fraction of sp³-hybridized carbons (Fsp3) is 0.158. The lowest BCUT2D eigenvalue weighted by molar-refractivity contribution is 0.102. The summed E-state index contributed by atoms with van der Waals surface area (Å²) in [6, 6.07) is 12.7. The molecule has 24 heavy (non-hydrogen) atoms. The summed E-state index contributed by atoms with van der Waals surface area (Å²) in [5.74, 6) is -0.170. The third-order valence-corrected chi connectivity index (χ3v) is 4.89. The van der Waals surface area contributed by atoms with Crippen molar-refractivity contribution in [2.45, 2.75) is 19.3 Å². The van der Waals surface area contributed by atoms with E-state index in [2.05, 4.69) is 5.32 Å². The number of hydrogen-bond donors (Lipinski definition) is 1. The average molecular weight is 357 g/mol. The van der Waals surface area contributed by atoms with Crippen molar-refractivity contribution in [1.29, 1.82) is 0 Å². The zero-order valence-corrected chi connectivity index (χ0v) is 14.3. The predicted molar refractivity (Wildman–Crippen MR) is 98.2 cm³/mol. The molecule has 0 spiro atoms. The summed E-state index contributed by atoms with van der Waals surface area (Å²) < 4.78 is 0. The van der Waals surface area contributed by atoms with Crippen LogP contribution in [-0.2, 0) is 12.8 Å². The van der Waals surface area contributed by atoms with Crippen molar-refractivity contribution in [2.24, 2.45) is 0 Å². The molecule has 1 aromatic heterocycles. The van der Waals surface area contributed by atoms with Gasteiger partial charge in [0.05, 0.1) is 21.8 Å². The number of halogens is 2. The lowest BCUT2D eigenvalue weighted by atomic mass is 10.0. The first-order valence-electron chi connectivity index (χ1n) is 7.80. The van der Waals surface area contributed by atoms with Crippen LogP contribution in [0.3, 0.4) is 0 Å². The van der Waals surface area contributed by atoms with Crippen LogP contribution >= 0.6 is 23.2 Å². The van der Waals surface area contributed by atoms with Crippen molar-refractivity contribution in [1.82, 2.24) is 4.98 Å². The SMILES string of the molecule is O=C(Nc1ccccc1Cl)c1c2c(nc3ccc(Cl)cc13)CCC2. The highest BCUT2D eigenvalue weighted by molar-refractivity contribution is 6.34. The van der Waals surface area contributed by atoms with E-state index in [1.54, 1.807) is 18.2 Å². The molecule has 1 amide bonds. The summed E-state index contributed by atoms with van der Waals surface area (Å²) in [5.41, 5.74) is 4.09. The van der Waals surface area contributed by atoms with Crippen LogP contribution in [0.1, 0.15) is 28.0 Å². The number of carbonyl (C=O) groups is 1. The van der Waals surface area contributed by atoms with Gasteiger partial charge in [-0.2, -0.15) is 0 Å². The summed E-state index contributed by atoms with van der Waals surface area (Å²) in [7, 11) is 0. The Labute approximate surface area is 149 Å². The molecule has 0 radical (unpaired) electrons. The van der Waals surface area contributed by atoms with Crippen LogP contribution in [0.4, 0.5) is 5.69 Å². The predicted octanol–water partition coefficient (Wildman–Crippen LogP) is 5.28. The number of fused-ring (bicyclic) bond motifs is 2. The molecular formula is C19H14Cl2N2O. The smallest absolute Gasteiger partial charge is 0.256 e. The minimum absolute atomic E-state index is 0.170.